The third-order valence-corrected chi connectivity index (χ3v) is 3.88. The van der Waals surface area contributed by atoms with Gasteiger partial charge in [-0.25, -0.2) is 9.78 Å². The Hall–Kier alpha value is -2.15. The fraction of sp³-hybridized carbons (Fsp3) is 0.214. The third kappa shape index (κ3) is 3.69. The number of imidazole rings is 1. The Morgan fingerprint density at radius 3 is 2.86 bits per heavy atom. The number of nitrogens with zero attached hydrogens (tertiary/aromatic N) is 2. The molecule has 0 aliphatic heterocycles. The average molecular weight is 352 g/mol. The lowest BCUT2D eigenvalue weighted by Crippen LogP contribution is -2.27. The van der Waals surface area contributed by atoms with Gasteiger partial charge in [-0.05, 0) is 24.6 Å². The van der Waals surface area contributed by atoms with Gasteiger partial charge in [0.1, 0.15) is 0 Å². The van der Waals surface area contributed by atoms with Crippen molar-refractivity contribution in [1.29, 1.82) is 0 Å². The molecule has 7 heteroatoms. The molecule has 1 aromatic heterocycles. The van der Waals surface area contributed by atoms with Gasteiger partial charge in [0.15, 0.2) is 5.69 Å². The SMILES string of the molecule is Cc1c(Br)cccc1C(=O)NCCn1cnc(C(=O)O)c1. The number of hydrogen-bond donors (Lipinski definition) is 2. The molecule has 0 spiro atoms. The number of carboxylic acids is 1. The van der Waals surface area contributed by atoms with Crippen LogP contribution < -0.4 is 5.32 Å². The number of benzene rings is 1. The summed E-state index contributed by atoms with van der Waals surface area (Å²) in [5, 5.41) is 11.6. The molecule has 6 nitrogen and oxygen atoms in total. The summed E-state index contributed by atoms with van der Waals surface area (Å²) in [5.41, 5.74) is 1.48. The molecule has 0 radical (unpaired) electrons. The van der Waals surface area contributed by atoms with E-state index in [1.807, 2.05) is 13.0 Å². The van der Waals surface area contributed by atoms with E-state index in [9.17, 15) is 9.59 Å². The molecular weight excluding hydrogens is 338 g/mol. The summed E-state index contributed by atoms with van der Waals surface area (Å²) in [6.45, 7) is 2.72. The number of rotatable bonds is 5. The van der Waals surface area contributed by atoms with E-state index in [4.69, 9.17) is 5.11 Å². The number of aromatic nitrogens is 2. The molecule has 0 aliphatic carbocycles. The second-order valence-electron chi connectivity index (χ2n) is 4.47. The van der Waals surface area contributed by atoms with Gasteiger partial charge < -0.3 is 15.0 Å². The first-order valence-electron chi connectivity index (χ1n) is 6.27. The molecule has 0 saturated carbocycles. The number of carbonyl (C=O) groups excluding carboxylic acids is 1. The molecule has 1 heterocycles. The van der Waals surface area contributed by atoms with Gasteiger partial charge in [-0.3, -0.25) is 4.79 Å². The van der Waals surface area contributed by atoms with Crippen molar-refractivity contribution in [1.82, 2.24) is 14.9 Å². The van der Waals surface area contributed by atoms with E-state index in [-0.39, 0.29) is 11.6 Å². The van der Waals surface area contributed by atoms with E-state index < -0.39 is 5.97 Å². The van der Waals surface area contributed by atoms with Crippen LogP contribution in [-0.4, -0.2) is 33.1 Å². The summed E-state index contributed by atoms with van der Waals surface area (Å²) in [6.07, 6.45) is 2.86. The van der Waals surface area contributed by atoms with Crippen LogP contribution in [0.3, 0.4) is 0 Å². The van der Waals surface area contributed by atoms with Crippen molar-refractivity contribution >= 4 is 27.8 Å². The first-order chi connectivity index (χ1) is 9.99. The lowest BCUT2D eigenvalue weighted by Gasteiger charge is -2.09. The smallest absolute Gasteiger partial charge is 0.356 e. The zero-order valence-corrected chi connectivity index (χ0v) is 12.9. The topological polar surface area (TPSA) is 84.2 Å². The Kier molecular flexibility index (Phi) is 4.74. The molecule has 0 unspecified atom stereocenters. The van der Waals surface area contributed by atoms with Gasteiger partial charge in [0, 0.05) is 29.3 Å². The predicted octanol–water partition coefficient (Wildman–Crippen LogP) is 2.08. The van der Waals surface area contributed by atoms with Crippen molar-refractivity contribution in [2.45, 2.75) is 13.5 Å². The van der Waals surface area contributed by atoms with Crippen LogP contribution in [0.25, 0.3) is 0 Å². The molecule has 1 amide bonds. The third-order valence-electron chi connectivity index (χ3n) is 3.02. The van der Waals surface area contributed by atoms with Crippen LogP contribution in [0.4, 0.5) is 0 Å². The van der Waals surface area contributed by atoms with Crippen molar-refractivity contribution in [2.75, 3.05) is 6.54 Å². The monoisotopic (exact) mass is 351 g/mol. The summed E-state index contributed by atoms with van der Waals surface area (Å²) in [4.78, 5) is 26.5. The van der Waals surface area contributed by atoms with Crippen LogP contribution >= 0.6 is 15.9 Å². The van der Waals surface area contributed by atoms with Crippen molar-refractivity contribution in [3.8, 4) is 0 Å². The molecule has 0 atom stereocenters. The Bertz CT molecular complexity index is 682. The lowest BCUT2D eigenvalue weighted by atomic mass is 10.1. The molecule has 2 rings (SSSR count). The van der Waals surface area contributed by atoms with E-state index in [0.717, 1.165) is 10.0 Å². The maximum atomic E-state index is 12.1. The summed E-state index contributed by atoms with van der Waals surface area (Å²) in [6, 6.07) is 5.45. The van der Waals surface area contributed by atoms with Crippen molar-refractivity contribution < 1.29 is 14.7 Å². The highest BCUT2D eigenvalue weighted by Gasteiger charge is 2.10. The van der Waals surface area contributed by atoms with Gasteiger partial charge in [0.25, 0.3) is 5.91 Å². The highest BCUT2D eigenvalue weighted by Crippen LogP contribution is 2.19. The van der Waals surface area contributed by atoms with Gasteiger partial charge in [-0.2, -0.15) is 0 Å². The highest BCUT2D eigenvalue weighted by atomic mass is 79.9. The van der Waals surface area contributed by atoms with Gasteiger partial charge in [-0.15, -0.1) is 0 Å². The van der Waals surface area contributed by atoms with E-state index in [2.05, 4.69) is 26.2 Å². The minimum Gasteiger partial charge on any atom is -0.476 e. The first-order valence-corrected chi connectivity index (χ1v) is 7.06. The molecule has 21 heavy (non-hydrogen) atoms. The number of nitrogens with one attached hydrogen (secondary N) is 1. The molecule has 2 N–H and O–H groups in total. The van der Waals surface area contributed by atoms with E-state index in [0.29, 0.717) is 18.7 Å². The zero-order chi connectivity index (χ0) is 15.4. The summed E-state index contributed by atoms with van der Waals surface area (Å²) in [7, 11) is 0. The lowest BCUT2D eigenvalue weighted by molar-refractivity contribution is 0.0690. The van der Waals surface area contributed by atoms with Crippen molar-refractivity contribution in [3.63, 3.8) is 0 Å². The number of hydrogen-bond acceptors (Lipinski definition) is 3. The molecule has 0 aliphatic rings. The molecule has 0 bridgehead atoms. The molecular formula is C14H14BrN3O3. The zero-order valence-electron chi connectivity index (χ0n) is 11.3. The number of halogens is 1. The van der Waals surface area contributed by atoms with Crippen LogP contribution in [-0.2, 0) is 6.54 Å². The highest BCUT2D eigenvalue weighted by molar-refractivity contribution is 9.10. The molecule has 2 aromatic rings. The van der Waals surface area contributed by atoms with Gasteiger partial charge in [0.05, 0.1) is 6.33 Å². The van der Waals surface area contributed by atoms with E-state index in [1.54, 1.807) is 16.7 Å². The van der Waals surface area contributed by atoms with Crippen molar-refractivity contribution in [2.24, 2.45) is 0 Å². The van der Waals surface area contributed by atoms with E-state index in [1.165, 1.54) is 12.5 Å². The van der Waals surface area contributed by atoms with Crippen LogP contribution in [0.1, 0.15) is 26.4 Å². The molecule has 0 fully saturated rings. The molecule has 0 saturated heterocycles. The van der Waals surface area contributed by atoms with Crippen LogP contribution in [0, 0.1) is 6.92 Å². The largest absolute Gasteiger partial charge is 0.476 e. The minimum atomic E-state index is -1.07. The number of aromatic carboxylic acids is 1. The first kappa shape index (κ1) is 15.2. The quantitative estimate of drug-likeness (QED) is 0.863. The van der Waals surface area contributed by atoms with Gasteiger partial charge in [-0.1, -0.05) is 22.0 Å². The van der Waals surface area contributed by atoms with Gasteiger partial charge in [0.2, 0.25) is 0 Å². The number of carbonyl (C=O) groups is 2. The van der Waals surface area contributed by atoms with Crippen molar-refractivity contribution in [3.05, 3.63) is 52.0 Å². The average Bonchev–Trinajstić information content (AvgIpc) is 2.91. The Morgan fingerprint density at radius 1 is 1.43 bits per heavy atom. The minimum absolute atomic E-state index is 0.0100. The second-order valence-corrected chi connectivity index (χ2v) is 5.32. The standard InChI is InChI=1S/C14H14BrN3O3/c1-9-10(3-2-4-11(9)15)13(19)16-5-6-18-7-12(14(20)21)17-8-18/h2-4,7-8H,5-6H2,1H3,(H,16,19)(H,20,21). The number of amides is 1. The maximum absolute atomic E-state index is 12.1. The normalized spacial score (nSPS) is 10.4. The molecule has 1 aromatic carbocycles. The Balaban J connectivity index is 1.92. The summed E-state index contributed by atoms with van der Waals surface area (Å²) >= 11 is 3.39. The number of carboxylic acid groups (broad SMARTS) is 1. The molecule has 110 valence electrons. The fourth-order valence-corrected chi connectivity index (χ4v) is 2.21. The summed E-state index contributed by atoms with van der Waals surface area (Å²) < 4.78 is 2.51. The van der Waals surface area contributed by atoms with Crippen LogP contribution in [0.5, 0.6) is 0 Å². The Morgan fingerprint density at radius 2 is 2.19 bits per heavy atom. The Labute approximate surface area is 129 Å². The van der Waals surface area contributed by atoms with E-state index >= 15 is 0 Å². The van der Waals surface area contributed by atoms with Crippen LogP contribution in [0.15, 0.2) is 35.2 Å². The second kappa shape index (κ2) is 6.53. The van der Waals surface area contributed by atoms with Gasteiger partial charge >= 0.3 is 5.97 Å². The van der Waals surface area contributed by atoms with Crippen LogP contribution in [0.2, 0.25) is 0 Å². The maximum Gasteiger partial charge on any atom is 0.356 e. The predicted molar refractivity (Wildman–Crippen MR) is 80.4 cm³/mol. The summed E-state index contributed by atoms with van der Waals surface area (Å²) in [5.74, 6) is -1.23. The fourth-order valence-electron chi connectivity index (χ4n) is 1.84.